The Kier molecular flexibility index (Phi) is 10.6. The van der Waals surface area contributed by atoms with Gasteiger partial charge in [-0.3, -0.25) is 9.79 Å². The van der Waals surface area contributed by atoms with Crippen LogP contribution >= 0.6 is 24.0 Å². The molecule has 0 saturated carbocycles. The standard InChI is InChI=1S/C24H32N4O4.HI/c1-25-24(26-14-13-18-9-12-20(30-2)23(32-4)22(18)31-3)27-16-17-7-10-19(11-8-17)28-15-5-6-21(28)29;/h7-12H,5-6,13-16H2,1-4H3,(H2,25,26,27);1H. The van der Waals surface area contributed by atoms with Gasteiger partial charge in [0.1, 0.15) is 0 Å². The van der Waals surface area contributed by atoms with Crippen LogP contribution in [0.25, 0.3) is 0 Å². The highest BCUT2D eigenvalue weighted by atomic mass is 127. The number of methoxy groups -OCH3 is 3. The number of hydrogen-bond acceptors (Lipinski definition) is 5. The number of amides is 1. The van der Waals surface area contributed by atoms with Gasteiger partial charge in [-0.2, -0.15) is 0 Å². The highest BCUT2D eigenvalue weighted by Gasteiger charge is 2.21. The average Bonchev–Trinajstić information content (AvgIpc) is 3.26. The maximum atomic E-state index is 11.9. The number of carbonyl (C=O) groups is 1. The molecule has 1 fully saturated rings. The topological polar surface area (TPSA) is 84.4 Å². The summed E-state index contributed by atoms with van der Waals surface area (Å²) in [5.74, 6) is 2.82. The van der Waals surface area contributed by atoms with E-state index in [0.29, 0.717) is 42.7 Å². The first-order valence-electron chi connectivity index (χ1n) is 10.7. The van der Waals surface area contributed by atoms with Gasteiger partial charge in [-0.25, -0.2) is 0 Å². The number of hydrogen-bond donors (Lipinski definition) is 2. The van der Waals surface area contributed by atoms with Gasteiger partial charge in [0, 0.05) is 44.4 Å². The number of nitrogens with one attached hydrogen (secondary N) is 2. The van der Waals surface area contributed by atoms with E-state index in [1.807, 2.05) is 41.3 Å². The molecule has 1 amide bonds. The third kappa shape index (κ3) is 6.66. The second-order valence-corrected chi connectivity index (χ2v) is 7.41. The van der Waals surface area contributed by atoms with Crippen molar-refractivity contribution < 1.29 is 19.0 Å². The lowest BCUT2D eigenvalue weighted by Gasteiger charge is -2.17. The van der Waals surface area contributed by atoms with Crippen LogP contribution in [0.5, 0.6) is 17.2 Å². The van der Waals surface area contributed by atoms with E-state index >= 15 is 0 Å². The van der Waals surface area contributed by atoms with E-state index in [-0.39, 0.29) is 29.9 Å². The van der Waals surface area contributed by atoms with Crippen LogP contribution < -0.4 is 29.7 Å². The van der Waals surface area contributed by atoms with Crippen molar-refractivity contribution in [2.45, 2.75) is 25.8 Å². The molecule has 2 aromatic rings. The molecule has 0 spiro atoms. The maximum Gasteiger partial charge on any atom is 0.227 e. The fraction of sp³-hybridized carbons (Fsp3) is 0.417. The Morgan fingerprint density at radius 3 is 2.30 bits per heavy atom. The average molecular weight is 568 g/mol. The molecule has 0 aliphatic carbocycles. The highest BCUT2D eigenvalue weighted by molar-refractivity contribution is 14.0. The monoisotopic (exact) mass is 568 g/mol. The number of rotatable bonds is 9. The van der Waals surface area contributed by atoms with Crippen LogP contribution in [0, 0.1) is 0 Å². The van der Waals surface area contributed by atoms with Gasteiger partial charge >= 0.3 is 0 Å². The first-order valence-corrected chi connectivity index (χ1v) is 10.7. The van der Waals surface area contributed by atoms with Crippen LogP contribution in [0.4, 0.5) is 5.69 Å². The molecule has 1 aliphatic heterocycles. The van der Waals surface area contributed by atoms with Crippen molar-refractivity contribution in [3.8, 4) is 17.2 Å². The number of benzene rings is 2. The summed E-state index contributed by atoms with van der Waals surface area (Å²) < 4.78 is 16.3. The minimum Gasteiger partial charge on any atom is -0.493 e. The van der Waals surface area contributed by atoms with Crippen LogP contribution in [0.15, 0.2) is 41.4 Å². The zero-order valence-electron chi connectivity index (χ0n) is 19.6. The summed E-state index contributed by atoms with van der Waals surface area (Å²) in [4.78, 5) is 18.0. The number of anilines is 1. The Morgan fingerprint density at radius 1 is 1.00 bits per heavy atom. The van der Waals surface area contributed by atoms with E-state index < -0.39 is 0 Å². The molecule has 1 heterocycles. The molecule has 0 atom stereocenters. The normalized spacial score (nSPS) is 13.4. The molecular weight excluding hydrogens is 535 g/mol. The number of ether oxygens (including phenoxy) is 3. The number of nitrogens with zero attached hydrogens (tertiary/aromatic N) is 2. The fourth-order valence-electron chi connectivity index (χ4n) is 3.80. The van der Waals surface area contributed by atoms with Crippen LogP contribution in [-0.2, 0) is 17.8 Å². The highest BCUT2D eigenvalue weighted by Crippen LogP contribution is 2.39. The third-order valence-corrected chi connectivity index (χ3v) is 5.48. The van der Waals surface area contributed by atoms with E-state index in [9.17, 15) is 4.79 Å². The van der Waals surface area contributed by atoms with Gasteiger partial charge in [0.25, 0.3) is 0 Å². The second-order valence-electron chi connectivity index (χ2n) is 7.41. The Balaban J connectivity index is 0.00000385. The van der Waals surface area contributed by atoms with Gasteiger partial charge in [-0.05, 0) is 36.6 Å². The van der Waals surface area contributed by atoms with E-state index in [2.05, 4.69) is 15.6 Å². The maximum absolute atomic E-state index is 11.9. The quantitative estimate of drug-likeness (QED) is 0.274. The van der Waals surface area contributed by atoms with E-state index in [4.69, 9.17) is 14.2 Å². The lowest BCUT2D eigenvalue weighted by molar-refractivity contribution is -0.117. The zero-order chi connectivity index (χ0) is 22.9. The van der Waals surface area contributed by atoms with Crippen molar-refractivity contribution in [1.82, 2.24) is 10.6 Å². The summed E-state index contributed by atoms with van der Waals surface area (Å²) in [6.45, 7) is 2.10. The lowest BCUT2D eigenvalue weighted by atomic mass is 10.1. The van der Waals surface area contributed by atoms with Crippen LogP contribution in [0.1, 0.15) is 24.0 Å². The zero-order valence-corrected chi connectivity index (χ0v) is 22.0. The summed E-state index contributed by atoms with van der Waals surface area (Å²) in [5, 5.41) is 6.65. The van der Waals surface area contributed by atoms with E-state index in [1.54, 1.807) is 28.4 Å². The van der Waals surface area contributed by atoms with Crippen LogP contribution in [0.3, 0.4) is 0 Å². The number of guanidine groups is 1. The Morgan fingerprint density at radius 2 is 1.73 bits per heavy atom. The summed E-state index contributed by atoms with van der Waals surface area (Å²) in [6.07, 6.45) is 2.29. The van der Waals surface area contributed by atoms with Gasteiger partial charge in [0.05, 0.1) is 21.3 Å². The summed E-state index contributed by atoms with van der Waals surface area (Å²) in [6, 6.07) is 11.9. The molecular formula is C24H33IN4O4. The smallest absolute Gasteiger partial charge is 0.227 e. The Bertz CT molecular complexity index is 950. The molecule has 2 aromatic carbocycles. The van der Waals surface area contributed by atoms with Gasteiger partial charge in [-0.15, -0.1) is 24.0 Å². The Labute approximate surface area is 212 Å². The largest absolute Gasteiger partial charge is 0.493 e. The minimum atomic E-state index is 0. The van der Waals surface area contributed by atoms with E-state index in [0.717, 1.165) is 36.2 Å². The van der Waals surface area contributed by atoms with Crippen LogP contribution in [0.2, 0.25) is 0 Å². The van der Waals surface area contributed by atoms with Gasteiger partial charge < -0.3 is 29.7 Å². The summed E-state index contributed by atoms with van der Waals surface area (Å²) in [5.41, 5.74) is 3.09. The SMILES string of the molecule is CN=C(NCCc1ccc(OC)c(OC)c1OC)NCc1ccc(N2CCCC2=O)cc1.I. The molecule has 33 heavy (non-hydrogen) atoms. The predicted molar refractivity (Wildman–Crippen MR) is 141 cm³/mol. The summed E-state index contributed by atoms with van der Waals surface area (Å²) >= 11 is 0. The van der Waals surface area contributed by atoms with Crippen molar-refractivity contribution in [1.29, 1.82) is 0 Å². The second kappa shape index (κ2) is 13.1. The first-order chi connectivity index (χ1) is 15.6. The number of aliphatic imine (C=N–C) groups is 1. The minimum absolute atomic E-state index is 0. The molecule has 0 bridgehead atoms. The Hall–Kier alpha value is -2.69. The molecule has 2 N–H and O–H groups in total. The number of carbonyl (C=O) groups excluding carboxylic acids is 1. The predicted octanol–water partition coefficient (Wildman–Crippen LogP) is 3.36. The molecule has 1 saturated heterocycles. The molecule has 0 unspecified atom stereocenters. The lowest BCUT2D eigenvalue weighted by Crippen LogP contribution is -2.37. The molecule has 0 radical (unpaired) electrons. The van der Waals surface area contributed by atoms with Gasteiger partial charge in [-0.1, -0.05) is 18.2 Å². The molecule has 0 aromatic heterocycles. The van der Waals surface area contributed by atoms with Crippen molar-refractivity contribution in [3.63, 3.8) is 0 Å². The molecule has 9 heteroatoms. The summed E-state index contributed by atoms with van der Waals surface area (Å²) in [7, 11) is 6.57. The molecule has 3 rings (SSSR count). The molecule has 1 aliphatic rings. The van der Waals surface area contributed by atoms with Crippen molar-refractivity contribution in [2.24, 2.45) is 4.99 Å². The van der Waals surface area contributed by atoms with Gasteiger partial charge in [0.2, 0.25) is 11.7 Å². The van der Waals surface area contributed by atoms with Crippen LogP contribution in [-0.4, -0.2) is 53.3 Å². The third-order valence-electron chi connectivity index (χ3n) is 5.48. The molecule has 8 nitrogen and oxygen atoms in total. The fourth-order valence-corrected chi connectivity index (χ4v) is 3.80. The van der Waals surface area contributed by atoms with Crippen molar-refractivity contribution >= 4 is 41.5 Å². The number of halogens is 1. The van der Waals surface area contributed by atoms with Gasteiger partial charge in [0.15, 0.2) is 17.5 Å². The van der Waals surface area contributed by atoms with Crippen molar-refractivity contribution in [3.05, 3.63) is 47.5 Å². The van der Waals surface area contributed by atoms with E-state index in [1.165, 1.54) is 0 Å². The van der Waals surface area contributed by atoms with Crippen molar-refractivity contribution in [2.75, 3.05) is 46.4 Å². The molecule has 180 valence electrons. The first kappa shape index (κ1) is 26.6.